The molecule has 2 unspecified atom stereocenters. The molecule has 3 rings (SSSR count). The van der Waals surface area contributed by atoms with Gasteiger partial charge in [0.15, 0.2) is 0 Å². The second kappa shape index (κ2) is 6.31. The fraction of sp³-hybridized carbons (Fsp3) is 0.368. The lowest BCUT2D eigenvalue weighted by molar-refractivity contribution is 0.437. The van der Waals surface area contributed by atoms with E-state index in [1.54, 1.807) is 6.07 Å². The summed E-state index contributed by atoms with van der Waals surface area (Å²) in [5, 5.41) is 13.4. The normalized spacial score (nSPS) is 19.0. The van der Waals surface area contributed by atoms with Crippen molar-refractivity contribution in [3.63, 3.8) is 0 Å². The van der Waals surface area contributed by atoms with Gasteiger partial charge >= 0.3 is 0 Å². The standard InChI is InChI=1S/C19H23NO/c1-14(15-6-3-2-4-7-15)13-20-19-9-5-8-16-10-11-17(21)12-18(16)19/h2-4,6-7,10-12,14,19-21H,5,8-9,13H2,1H3. The molecule has 0 heterocycles. The molecule has 21 heavy (non-hydrogen) atoms. The zero-order valence-electron chi connectivity index (χ0n) is 12.5. The van der Waals surface area contributed by atoms with Crippen LogP contribution in [0, 0.1) is 0 Å². The summed E-state index contributed by atoms with van der Waals surface area (Å²) in [6.07, 6.45) is 3.50. The van der Waals surface area contributed by atoms with Crippen LogP contribution in [-0.4, -0.2) is 11.7 Å². The minimum atomic E-state index is 0.368. The van der Waals surface area contributed by atoms with Crippen LogP contribution in [-0.2, 0) is 6.42 Å². The lowest BCUT2D eigenvalue weighted by Gasteiger charge is -2.28. The third kappa shape index (κ3) is 3.27. The maximum absolute atomic E-state index is 9.73. The molecule has 0 spiro atoms. The Kier molecular flexibility index (Phi) is 4.26. The van der Waals surface area contributed by atoms with Crippen LogP contribution < -0.4 is 5.32 Å². The predicted molar refractivity (Wildman–Crippen MR) is 86.6 cm³/mol. The summed E-state index contributed by atoms with van der Waals surface area (Å²) >= 11 is 0. The summed E-state index contributed by atoms with van der Waals surface area (Å²) in [5.41, 5.74) is 4.03. The summed E-state index contributed by atoms with van der Waals surface area (Å²) in [5.74, 6) is 0.868. The molecule has 0 saturated heterocycles. The number of hydrogen-bond donors (Lipinski definition) is 2. The van der Waals surface area contributed by atoms with Crippen LogP contribution in [0.25, 0.3) is 0 Å². The first-order valence-electron chi connectivity index (χ1n) is 7.84. The Labute approximate surface area is 126 Å². The molecule has 2 nitrogen and oxygen atoms in total. The Morgan fingerprint density at radius 1 is 1.19 bits per heavy atom. The molecular formula is C19H23NO. The highest BCUT2D eigenvalue weighted by atomic mass is 16.3. The van der Waals surface area contributed by atoms with Gasteiger partial charge < -0.3 is 10.4 Å². The summed E-state index contributed by atoms with van der Waals surface area (Å²) in [7, 11) is 0. The van der Waals surface area contributed by atoms with E-state index in [1.165, 1.54) is 23.1 Å². The molecule has 2 heteroatoms. The van der Waals surface area contributed by atoms with Crippen LogP contribution in [0.5, 0.6) is 5.75 Å². The van der Waals surface area contributed by atoms with Gasteiger partial charge in [0, 0.05) is 12.6 Å². The minimum Gasteiger partial charge on any atom is -0.508 e. The predicted octanol–water partition coefficient (Wildman–Crippen LogP) is 4.16. The highest BCUT2D eigenvalue weighted by Gasteiger charge is 2.20. The quantitative estimate of drug-likeness (QED) is 0.882. The van der Waals surface area contributed by atoms with Crippen molar-refractivity contribution in [2.45, 2.75) is 38.1 Å². The molecule has 0 radical (unpaired) electrons. The van der Waals surface area contributed by atoms with E-state index >= 15 is 0 Å². The molecule has 2 aromatic rings. The van der Waals surface area contributed by atoms with Crippen molar-refractivity contribution >= 4 is 0 Å². The number of nitrogens with one attached hydrogen (secondary N) is 1. The zero-order valence-corrected chi connectivity index (χ0v) is 12.5. The maximum atomic E-state index is 9.73. The molecule has 2 atom stereocenters. The van der Waals surface area contributed by atoms with Gasteiger partial charge in [-0.25, -0.2) is 0 Å². The zero-order chi connectivity index (χ0) is 14.7. The number of aromatic hydroxyl groups is 1. The van der Waals surface area contributed by atoms with Gasteiger partial charge in [-0.15, -0.1) is 0 Å². The third-order valence-electron chi connectivity index (χ3n) is 4.48. The molecule has 0 aromatic heterocycles. The van der Waals surface area contributed by atoms with E-state index < -0.39 is 0 Å². The first-order chi connectivity index (χ1) is 10.2. The van der Waals surface area contributed by atoms with Gasteiger partial charge in [0.25, 0.3) is 0 Å². The van der Waals surface area contributed by atoms with Gasteiger partial charge in [0.2, 0.25) is 0 Å². The van der Waals surface area contributed by atoms with Crippen molar-refractivity contribution in [3.05, 3.63) is 65.2 Å². The third-order valence-corrected chi connectivity index (χ3v) is 4.48. The Bertz CT molecular complexity index is 594. The van der Waals surface area contributed by atoms with Crippen molar-refractivity contribution < 1.29 is 5.11 Å². The topological polar surface area (TPSA) is 32.3 Å². The number of benzene rings is 2. The van der Waals surface area contributed by atoms with Crippen LogP contribution >= 0.6 is 0 Å². The van der Waals surface area contributed by atoms with E-state index in [-0.39, 0.29) is 0 Å². The van der Waals surface area contributed by atoms with Crippen LogP contribution in [0.3, 0.4) is 0 Å². The van der Waals surface area contributed by atoms with Crippen molar-refractivity contribution in [1.29, 1.82) is 0 Å². The monoisotopic (exact) mass is 281 g/mol. The van der Waals surface area contributed by atoms with Crippen molar-refractivity contribution in [2.24, 2.45) is 0 Å². The molecule has 0 aliphatic heterocycles. The molecule has 0 saturated carbocycles. The van der Waals surface area contributed by atoms with Crippen LogP contribution in [0.2, 0.25) is 0 Å². The van der Waals surface area contributed by atoms with Crippen LogP contribution in [0.15, 0.2) is 48.5 Å². The van der Waals surface area contributed by atoms with E-state index in [4.69, 9.17) is 0 Å². The Morgan fingerprint density at radius 2 is 2.00 bits per heavy atom. The smallest absolute Gasteiger partial charge is 0.115 e. The lowest BCUT2D eigenvalue weighted by atomic mass is 9.87. The van der Waals surface area contributed by atoms with Gasteiger partial charge in [0.1, 0.15) is 5.75 Å². The summed E-state index contributed by atoms with van der Waals surface area (Å²) in [6, 6.07) is 16.8. The minimum absolute atomic E-state index is 0.368. The van der Waals surface area contributed by atoms with Crippen molar-refractivity contribution in [1.82, 2.24) is 5.32 Å². The van der Waals surface area contributed by atoms with Crippen LogP contribution in [0.4, 0.5) is 0 Å². The second-order valence-corrected chi connectivity index (χ2v) is 6.05. The molecule has 0 bridgehead atoms. The number of aryl methyl sites for hydroxylation is 1. The maximum Gasteiger partial charge on any atom is 0.115 e. The first kappa shape index (κ1) is 14.2. The Morgan fingerprint density at radius 3 is 2.81 bits per heavy atom. The molecule has 0 amide bonds. The van der Waals surface area contributed by atoms with Gasteiger partial charge in [-0.1, -0.05) is 43.3 Å². The Balaban J connectivity index is 1.68. The number of phenolic OH excluding ortho intramolecular Hbond substituents is 1. The van der Waals surface area contributed by atoms with E-state index in [2.05, 4.69) is 48.6 Å². The van der Waals surface area contributed by atoms with Gasteiger partial charge in [-0.3, -0.25) is 0 Å². The summed E-state index contributed by atoms with van der Waals surface area (Å²) in [6.45, 7) is 3.22. The second-order valence-electron chi connectivity index (χ2n) is 6.05. The fourth-order valence-electron chi connectivity index (χ4n) is 3.22. The van der Waals surface area contributed by atoms with Crippen molar-refractivity contribution in [3.8, 4) is 5.75 Å². The lowest BCUT2D eigenvalue weighted by Crippen LogP contribution is -2.28. The van der Waals surface area contributed by atoms with Gasteiger partial charge in [-0.05, 0) is 54.0 Å². The number of fused-ring (bicyclic) bond motifs is 1. The molecular weight excluding hydrogens is 258 g/mol. The highest BCUT2D eigenvalue weighted by Crippen LogP contribution is 2.32. The van der Waals surface area contributed by atoms with Crippen molar-refractivity contribution in [2.75, 3.05) is 6.54 Å². The largest absolute Gasteiger partial charge is 0.508 e. The van der Waals surface area contributed by atoms with E-state index in [1.807, 2.05) is 6.07 Å². The fourth-order valence-corrected chi connectivity index (χ4v) is 3.22. The number of hydrogen-bond acceptors (Lipinski definition) is 2. The number of rotatable bonds is 4. The molecule has 110 valence electrons. The van der Waals surface area contributed by atoms with Gasteiger partial charge in [0.05, 0.1) is 0 Å². The number of phenols is 1. The summed E-state index contributed by atoms with van der Waals surface area (Å²) in [4.78, 5) is 0. The van der Waals surface area contributed by atoms with Gasteiger partial charge in [-0.2, -0.15) is 0 Å². The van der Waals surface area contributed by atoms with E-state index in [0.29, 0.717) is 17.7 Å². The first-order valence-corrected chi connectivity index (χ1v) is 7.84. The molecule has 0 fully saturated rings. The van der Waals surface area contributed by atoms with E-state index in [0.717, 1.165) is 19.4 Å². The molecule has 2 N–H and O–H groups in total. The SMILES string of the molecule is CC(CNC1CCCc2ccc(O)cc21)c1ccccc1. The summed E-state index contributed by atoms with van der Waals surface area (Å²) < 4.78 is 0. The molecule has 1 aliphatic rings. The average molecular weight is 281 g/mol. The molecule has 1 aliphatic carbocycles. The average Bonchev–Trinajstić information content (AvgIpc) is 2.53. The highest BCUT2D eigenvalue weighted by molar-refractivity contribution is 5.38. The van der Waals surface area contributed by atoms with E-state index in [9.17, 15) is 5.11 Å². The van der Waals surface area contributed by atoms with Crippen LogP contribution in [0.1, 0.15) is 48.4 Å². The molecule has 2 aromatic carbocycles. The Hall–Kier alpha value is -1.80.